The van der Waals surface area contributed by atoms with Gasteiger partial charge in [0, 0.05) is 16.1 Å². The van der Waals surface area contributed by atoms with Crippen LogP contribution in [0.3, 0.4) is 0 Å². The molecule has 2 unspecified atom stereocenters. The molecule has 98 valence electrons. The third-order valence-corrected chi connectivity index (χ3v) is 5.43. The first-order valence-electron chi connectivity index (χ1n) is 6.77. The van der Waals surface area contributed by atoms with Crippen molar-refractivity contribution in [3.63, 3.8) is 0 Å². The van der Waals surface area contributed by atoms with Crippen LogP contribution in [0.15, 0.2) is 35.2 Å². The molecule has 2 atom stereocenters. The molecule has 1 aliphatic heterocycles. The molecule has 1 saturated carbocycles. The molecule has 3 rings (SSSR count). The summed E-state index contributed by atoms with van der Waals surface area (Å²) in [5.74, 6) is 0.174. The van der Waals surface area contributed by atoms with E-state index >= 15 is 0 Å². The lowest BCUT2D eigenvalue weighted by Crippen LogP contribution is -2.39. The zero-order chi connectivity index (χ0) is 12.4. The van der Waals surface area contributed by atoms with Gasteiger partial charge >= 0.3 is 0 Å². The molecular formula is C15H20O2S. The Labute approximate surface area is 113 Å². The Hall–Kier alpha value is -0.510. The number of thioether (sulfide) groups is 1. The molecule has 1 heterocycles. The van der Waals surface area contributed by atoms with Crippen LogP contribution in [0.1, 0.15) is 26.2 Å². The van der Waals surface area contributed by atoms with Crippen LogP contribution in [0, 0.1) is 5.92 Å². The molecule has 18 heavy (non-hydrogen) atoms. The Bertz CT molecular complexity index is 387. The smallest absolute Gasteiger partial charge is 0.169 e. The molecule has 0 aromatic heterocycles. The van der Waals surface area contributed by atoms with E-state index in [0.29, 0.717) is 11.2 Å². The molecule has 1 aromatic rings. The van der Waals surface area contributed by atoms with Gasteiger partial charge < -0.3 is 9.47 Å². The summed E-state index contributed by atoms with van der Waals surface area (Å²) in [5.41, 5.74) is 0. The average molecular weight is 264 g/mol. The van der Waals surface area contributed by atoms with Crippen LogP contribution < -0.4 is 0 Å². The van der Waals surface area contributed by atoms with Crippen LogP contribution in [0.5, 0.6) is 0 Å². The van der Waals surface area contributed by atoms with Crippen LogP contribution in [0.25, 0.3) is 0 Å². The standard InChI is InChI=1S/C15H20O2S/c1-15(16-10-11-17-15)13-8-5-9-14(13)18-12-6-3-2-4-7-12/h2-4,6-7,13-14H,5,8-11H2,1H3. The molecule has 2 aliphatic rings. The zero-order valence-electron chi connectivity index (χ0n) is 10.8. The number of ether oxygens (including phenoxy) is 2. The summed E-state index contributed by atoms with van der Waals surface area (Å²) in [6, 6.07) is 10.7. The van der Waals surface area contributed by atoms with Crippen LogP contribution in [0.2, 0.25) is 0 Å². The summed E-state index contributed by atoms with van der Waals surface area (Å²) in [6.45, 7) is 3.61. The maximum Gasteiger partial charge on any atom is 0.169 e. The van der Waals surface area contributed by atoms with Gasteiger partial charge in [-0.05, 0) is 31.9 Å². The van der Waals surface area contributed by atoms with Crippen molar-refractivity contribution in [1.29, 1.82) is 0 Å². The highest BCUT2D eigenvalue weighted by Crippen LogP contribution is 2.46. The van der Waals surface area contributed by atoms with Crippen molar-refractivity contribution in [1.82, 2.24) is 0 Å². The molecule has 0 radical (unpaired) electrons. The topological polar surface area (TPSA) is 18.5 Å². The van der Waals surface area contributed by atoms with E-state index in [0.717, 1.165) is 13.2 Å². The van der Waals surface area contributed by atoms with E-state index < -0.39 is 0 Å². The molecular weight excluding hydrogens is 244 g/mol. The Balaban J connectivity index is 1.71. The monoisotopic (exact) mass is 264 g/mol. The van der Waals surface area contributed by atoms with Crippen LogP contribution in [-0.4, -0.2) is 24.3 Å². The minimum Gasteiger partial charge on any atom is -0.347 e. The molecule has 1 aromatic carbocycles. The lowest BCUT2D eigenvalue weighted by Gasteiger charge is -2.33. The van der Waals surface area contributed by atoms with E-state index in [1.807, 2.05) is 11.8 Å². The van der Waals surface area contributed by atoms with Gasteiger partial charge in [-0.2, -0.15) is 0 Å². The molecule has 1 aliphatic carbocycles. The van der Waals surface area contributed by atoms with Gasteiger partial charge in [-0.1, -0.05) is 24.6 Å². The quantitative estimate of drug-likeness (QED) is 0.829. The molecule has 3 heteroatoms. The highest BCUT2D eigenvalue weighted by atomic mass is 32.2. The molecule has 0 N–H and O–H groups in total. The van der Waals surface area contributed by atoms with Crippen LogP contribution in [-0.2, 0) is 9.47 Å². The van der Waals surface area contributed by atoms with E-state index in [1.54, 1.807) is 0 Å². The lowest BCUT2D eigenvalue weighted by molar-refractivity contribution is -0.178. The van der Waals surface area contributed by atoms with E-state index in [2.05, 4.69) is 37.3 Å². The highest BCUT2D eigenvalue weighted by molar-refractivity contribution is 8.00. The summed E-state index contributed by atoms with van der Waals surface area (Å²) in [4.78, 5) is 1.36. The van der Waals surface area contributed by atoms with Crippen molar-refractivity contribution < 1.29 is 9.47 Å². The van der Waals surface area contributed by atoms with E-state index in [9.17, 15) is 0 Å². The Morgan fingerprint density at radius 1 is 1.11 bits per heavy atom. The van der Waals surface area contributed by atoms with E-state index in [-0.39, 0.29) is 5.79 Å². The normalized spacial score (nSPS) is 30.7. The summed E-state index contributed by atoms with van der Waals surface area (Å²) >= 11 is 1.98. The van der Waals surface area contributed by atoms with Crippen molar-refractivity contribution in [3.05, 3.63) is 30.3 Å². The number of hydrogen-bond acceptors (Lipinski definition) is 3. The minimum atomic E-state index is -0.344. The minimum absolute atomic E-state index is 0.344. The van der Waals surface area contributed by atoms with E-state index in [1.165, 1.54) is 24.2 Å². The van der Waals surface area contributed by atoms with Crippen LogP contribution >= 0.6 is 11.8 Å². The summed E-state index contributed by atoms with van der Waals surface area (Å²) in [5, 5.41) is 0.621. The maximum atomic E-state index is 5.86. The summed E-state index contributed by atoms with van der Waals surface area (Å²) in [6.07, 6.45) is 3.78. The van der Waals surface area contributed by atoms with Gasteiger partial charge in [-0.25, -0.2) is 0 Å². The van der Waals surface area contributed by atoms with Gasteiger partial charge in [-0.15, -0.1) is 11.8 Å². The second-order valence-corrected chi connectivity index (χ2v) is 6.53. The van der Waals surface area contributed by atoms with Crippen molar-refractivity contribution in [2.24, 2.45) is 5.92 Å². The third-order valence-electron chi connectivity index (χ3n) is 4.02. The first-order valence-corrected chi connectivity index (χ1v) is 7.65. The molecule has 0 bridgehead atoms. The second kappa shape index (κ2) is 5.24. The first-order chi connectivity index (χ1) is 8.78. The third kappa shape index (κ3) is 2.44. The predicted octanol–water partition coefficient (Wildman–Crippen LogP) is 3.71. The molecule has 0 spiro atoms. The predicted molar refractivity (Wildman–Crippen MR) is 73.7 cm³/mol. The highest BCUT2D eigenvalue weighted by Gasteiger charge is 2.46. The van der Waals surface area contributed by atoms with Crippen molar-refractivity contribution >= 4 is 11.8 Å². The van der Waals surface area contributed by atoms with Gasteiger partial charge in [-0.3, -0.25) is 0 Å². The number of hydrogen-bond donors (Lipinski definition) is 0. The molecule has 2 fully saturated rings. The van der Waals surface area contributed by atoms with Crippen molar-refractivity contribution in [2.45, 2.75) is 42.1 Å². The number of benzene rings is 1. The van der Waals surface area contributed by atoms with Crippen LogP contribution in [0.4, 0.5) is 0 Å². The van der Waals surface area contributed by atoms with Crippen molar-refractivity contribution in [3.8, 4) is 0 Å². The SMILES string of the molecule is CC1(C2CCCC2Sc2ccccc2)OCCO1. The van der Waals surface area contributed by atoms with Gasteiger partial charge in [0.15, 0.2) is 5.79 Å². The Kier molecular flexibility index (Phi) is 3.64. The number of rotatable bonds is 3. The van der Waals surface area contributed by atoms with E-state index in [4.69, 9.17) is 9.47 Å². The van der Waals surface area contributed by atoms with Gasteiger partial charge in [0.25, 0.3) is 0 Å². The Morgan fingerprint density at radius 3 is 2.56 bits per heavy atom. The largest absolute Gasteiger partial charge is 0.347 e. The summed E-state index contributed by atoms with van der Waals surface area (Å²) < 4.78 is 11.7. The van der Waals surface area contributed by atoms with Gasteiger partial charge in [0.1, 0.15) is 0 Å². The fourth-order valence-corrected chi connectivity index (χ4v) is 4.58. The zero-order valence-corrected chi connectivity index (χ0v) is 11.6. The lowest BCUT2D eigenvalue weighted by atomic mass is 9.98. The fraction of sp³-hybridized carbons (Fsp3) is 0.600. The average Bonchev–Trinajstić information content (AvgIpc) is 3.00. The molecule has 0 amide bonds. The first kappa shape index (κ1) is 12.5. The summed E-state index contributed by atoms with van der Waals surface area (Å²) in [7, 11) is 0. The second-order valence-electron chi connectivity index (χ2n) is 5.22. The maximum absolute atomic E-state index is 5.86. The fourth-order valence-electron chi connectivity index (χ4n) is 3.09. The van der Waals surface area contributed by atoms with Gasteiger partial charge in [0.05, 0.1) is 13.2 Å². The molecule has 2 nitrogen and oxygen atoms in total. The Morgan fingerprint density at radius 2 is 1.83 bits per heavy atom. The molecule has 1 saturated heterocycles. The van der Waals surface area contributed by atoms with Crippen molar-refractivity contribution in [2.75, 3.05) is 13.2 Å². The van der Waals surface area contributed by atoms with Gasteiger partial charge in [0.2, 0.25) is 0 Å².